The minimum absolute atomic E-state index is 0.617. The van der Waals surface area contributed by atoms with Gasteiger partial charge in [-0.05, 0) is 55.2 Å². The number of aryl methyl sites for hydroxylation is 1. The zero-order chi connectivity index (χ0) is 10.3. The van der Waals surface area contributed by atoms with Gasteiger partial charge in [0.05, 0.1) is 0 Å². The van der Waals surface area contributed by atoms with Crippen LogP contribution in [0.4, 0.5) is 0 Å². The van der Waals surface area contributed by atoms with E-state index in [0.29, 0.717) is 5.41 Å². The highest BCUT2D eigenvalue weighted by atomic mass is 15.0. The van der Waals surface area contributed by atoms with Crippen LogP contribution in [0.15, 0.2) is 24.3 Å². The molecule has 0 spiro atoms. The highest BCUT2D eigenvalue weighted by Gasteiger charge is 2.49. The summed E-state index contributed by atoms with van der Waals surface area (Å²) in [7, 11) is 0. The van der Waals surface area contributed by atoms with Gasteiger partial charge in [-0.15, -0.1) is 0 Å². The van der Waals surface area contributed by atoms with E-state index in [0.717, 1.165) is 5.92 Å². The summed E-state index contributed by atoms with van der Waals surface area (Å²) in [5.74, 6) is 0.956. The van der Waals surface area contributed by atoms with Crippen molar-refractivity contribution < 1.29 is 0 Å². The summed E-state index contributed by atoms with van der Waals surface area (Å²) in [5.41, 5.74) is 3.64. The van der Waals surface area contributed by atoms with E-state index < -0.39 is 0 Å². The Morgan fingerprint density at radius 1 is 1.40 bits per heavy atom. The minimum atomic E-state index is 0.617. The molecule has 0 bridgehead atoms. The molecule has 3 rings (SSSR count). The Balaban J connectivity index is 1.83. The normalized spacial score (nSPS) is 33.5. The number of hydrogen-bond acceptors (Lipinski definition) is 1. The largest absolute Gasteiger partial charge is 0.316 e. The van der Waals surface area contributed by atoms with Gasteiger partial charge in [0.25, 0.3) is 0 Å². The molecule has 1 saturated carbocycles. The predicted octanol–water partition coefficient (Wildman–Crippen LogP) is 2.54. The maximum atomic E-state index is 3.56. The van der Waals surface area contributed by atoms with Crippen molar-refractivity contribution in [2.45, 2.75) is 26.2 Å². The Kier molecular flexibility index (Phi) is 2.10. The Bertz CT molecular complexity index is 371. The molecule has 2 aliphatic rings. The molecule has 0 radical (unpaired) electrons. The fourth-order valence-electron chi connectivity index (χ4n) is 3.29. The first-order valence-electron chi connectivity index (χ1n) is 6.05. The molecular weight excluding hydrogens is 182 g/mol. The average molecular weight is 201 g/mol. The van der Waals surface area contributed by atoms with Crippen LogP contribution in [0.25, 0.3) is 0 Å². The predicted molar refractivity (Wildman–Crippen MR) is 62.9 cm³/mol. The highest BCUT2D eigenvalue weighted by Crippen LogP contribution is 2.51. The smallest absolute Gasteiger partial charge is 0.00143 e. The van der Waals surface area contributed by atoms with Crippen molar-refractivity contribution in [1.29, 1.82) is 0 Å². The van der Waals surface area contributed by atoms with Gasteiger partial charge < -0.3 is 5.32 Å². The summed E-state index contributed by atoms with van der Waals surface area (Å²) < 4.78 is 0. The first-order valence-corrected chi connectivity index (χ1v) is 6.05. The molecule has 1 nitrogen and oxygen atoms in total. The van der Waals surface area contributed by atoms with Gasteiger partial charge in [0.1, 0.15) is 0 Å². The molecule has 1 aliphatic heterocycles. The zero-order valence-corrected chi connectivity index (χ0v) is 9.42. The second kappa shape index (κ2) is 3.34. The molecule has 1 heterocycles. The fourth-order valence-corrected chi connectivity index (χ4v) is 3.29. The van der Waals surface area contributed by atoms with Crippen molar-refractivity contribution >= 4 is 0 Å². The molecule has 1 aromatic carbocycles. The number of fused-ring (bicyclic) bond motifs is 1. The van der Waals surface area contributed by atoms with E-state index in [-0.39, 0.29) is 0 Å². The van der Waals surface area contributed by atoms with Gasteiger partial charge in [0.2, 0.25) is 0 Å². The number of rotatable bonds is 2. The molecule has 1 N–H and O–H groups in total. The Morgan fingerprint density at radius 3 is 2.93 bits per heavy atom. The molecular formula is C14H19N. The second-order valence-electron chi connectivity index (χ2n) is 5.33. The number of hydrogen-bond donors (Lipinski definition) is 1. The van der Waals surface area contributed by atoms with Crippen molar-refractivity contribution in [1.82, 2.24) is 5.32 Å². The number of nitrogens with one attached hydrogen (secondary N) is 1. The summed E-state index contributed by atoms with van der Waals surface area (Å²) in [6.45, 7) is 4.74. The summed E-state index contributed by atoms with van der Waals surface area (Å²) in [5, 5.41) is 3.56. The standard InChI is InChI=1S/C14H19N/c1-11-4-2-3-5-12(11)8-14-7-6-13(14)9-15-10-14/h2-5,13,15H,6-10H2,1H3. The van der Waals surface area contributed by atoms with Crippen LogP contribution in [-0.2, 0) is 6.42 Å². The van der Waals surface area contributed by atoms with Gasteiger partial charge in [-0.3, -0.25) is 0 Å². The van der Waals surface area contributed by atoms with Crippen molar-refractivity contribution in [3.8, 4) is 0 Å². The van der Waals surface area contributed by atoms with E-state index in [1.54, 1.807) is 5.56 Å². The van der Waals surface area contributed by atoms with Gasteiger partial charge >= 0.3 is 0 Å². The SMILES string of the molecule is Cc1ccccc1CC12CCC1CNC2. The first kappa shape index (κ1) is 9.41. The monoisotopic (exact) mass is 201 g/mol. The van der Waals surface area contributed by atoms with Crippen LogP contribution in [0, 0.1) is 18.3 Å². The maximum Gasteiger partial charge on any atom is 0.00143 e. The van der Waals surface area contributed by atoms with E-state index in [9.17, 15) is 0 Å². The van der Waals surface area contributed by atoms with Crippen molar-refractivity contribution in [2.75, 3.05) is 13.1 Å². The van der Waals surface area contributed by atoms with E-state index in [1.165, 1.54) is 37.9 Å². The first-order chi connectivity index (χ1) is 7.30. The van der Waals surface area contributed by atoms with E-state index in [1.807, 2.05) is 0 Å². The molecule has 0 amide bonds. The summed E-state index contributed by atoms with van der Waals surface area (Å²) >= 11 is 0. The van der Waals surface area contributed by atoms with Gasteiger partial charge in [0.15, 0.2) is 0 Å². The summed E-state index contributed by atoms with van der Waals surface area (Å²) in [6, 6.07) is 8.86. The average Bonchev–Trinajstić information content (AvgIpc) is 2.49. The molecule has 1 saturated heterocycles. The molecule has 0 aromatic heterocycles. The van der Waals surface area contributed by atoms with E-state index >= 15 is 0 Å². The molecule has 15 heavy (non-hydrogen) atoms. The van der Waals surface area contributed by atoms with Crippen LogP contribution < -0.4 is 5.32 Å². The van der Waals surface area contributed by atoms with Gasteiger partial charge in [-0.25, -0.2) is 0 Å². The fraction of sp³-hybridized carbons (Fsp3) is 0.571. The third-order valence-corrected chi connectivity index (χ3v) is 4.53. The Hall–Kier alpha value is -0.820. The van der Waals surface area contributed by atoms with Crippen LogP contribution in [-0.4, -0.2) is 13.1 Å². The van der Waals surface area contributed by atoms with Crippen LogP contribution in [0.2, 0.25) is 0 Å². The third-order valence-electron chi connectivity index (χ3n) is 4.53. The topological polar surface area (TPSA) is 12.0 Å². The second-order valence-corrected chi connectivity index (χ2v) is 5.33. The van der Waals surface area contributed by atoms with Gasteiger partial charge in [-0.1, -0.05) is 24.3 Å². The molecule has 2 unspecified atom stereocenters. The van der Waals surface area contributed by atoms with Gasteiger partial charge in [0, 0.05) is 6.54 Å². The van der Waals surface area contributed by atoms with Crippen LogP contribution in [0.5, 0.6) is 0 Å². The molecule has 1 aliphatic carbocycles. The molecule has 2 fully saturated rings. The van der Waals surface area contributed by atoms with Crippen LogP contribution >= 0.6 is 0 Å². The lowest BCUT2D eigenvalue weighted by atomic mass is 9.59. The maximum absolute atomic E-state index is 3.56. The third kappa shape index (κ3) is 1.41. The quantitative estimate of drug-likeness (QED) is 0.775. The molecule has 80 valence electrons. The Morgan fingerprint density at radius 2 is 2.27 bits per heavy atom. The molecule has 1 aromatic rings. The number of benzene rings is 1. The van der Waals surface area contributed by atoms with Crippen molar-refractivity contribution in [3.05, 3.63) is 35.4 Å². The van der Waals surface area contributed by atoms with Crippen molar-refractivity contribution in [2.24, 2.45) is 11.3 Å². The lowest BCUT2D eigenvalue weighted by molar-refractivity contribution is 0.0862. The zero-order valence-electron chi connectivity index (χ0n) is 9.42. The van der Waals surface area contributed by atoms with E-state index in [4.69, 9.17) is 0 Å². The van der Waals surface area contributed by atoms with E-state index in [2.05, 4.69) is 36.5 Å². The summed E-state index contributed by atoms with van der Waals surface area (Å²) in [4.78, 5) is 0. The molecule has 1 heteroatoms. The highest BCUT2D eigenvalue weighted by molar-refractivity contribution is 5.28. The van der Waals surface area contributed by atoms with Crippen LogP contribution in [0.1, 0.15) is 24.0 Å². The summed E-state index contributed by atoms with van der Waals surface area (Å²) in [6.07, 6.45) is 4.16. The van der Waals surface area contributed by atoms with Crippen molar-refractivity contribution in [3.63, 3.8) is 0 Å². The van der Waals surface area contributed by atoms with Crippen LogP contribution in [0.3, 0.4) is 0 Å². The Labute approximate surface area is 91.9 Å². The minimum Gasteiger partial charge on any atom is -0.316 e. The molecule has 2 atom stereocenters. The van der Waals surface area contributed by atoms with Gasteiger partial charge in [-0.2, -0.15) is 0 Å². The lowest BCUT2D eigenvalue weighted by Crippen LogP contribution is -2.41. The lowest BCUT2D eigenvalue weighted by Gasteiger charge is -2.44.